The number of hydrogen-bond acceptors (Lipinski definition) is 5. The molecule has 1 heterocycles. The maximum Gasteiger partial charge on any atom is 0.221 e. The van der Waals surface area contributed by atoms with E-state index >= 15 is 0 Å². The first-order chi connectivity index (χ1) is 10.0. The van der Waals surface area contributed by atoms with E-state index < -0.39 is 0 Å². The smallest absolute Gasteiger partial charge is 0.221 e. The van der Waals surface area contributed by atoms with Gasteiger partial charge in [-0.1, -0.05) is 17.2 Å². The number of anilines is 3. The molecule has 0 spiro atoms. The summed E-state index contributed by atoms with van der Waals surface area (Å²) in [6, 6.07) is 7.16. The number of nitrogens with zero attached hydrogens (tertiary/aromatic N) is 2. The van der Waals surface area contributed by atoms with Crippen molar-refractivity contribution in [2.24, 2.45) is 0 Å². The van der Waals surface area contributed by atoms with Crippen LogP contribution in [0.3, 0.4) is 0 Å². The number of nitrogens with two attached hydrogens (primary N) is 1. The molecule has 1 aromatic heterocycles. The second kappa shape index (κ2) is 6.95. The van der Waals surface area contributed by atoms with Gasteiger partial charge in [0.25, 0.3) is 0 Å². The Kier molecular flexibility index (Phi) is 5.00. The number of rotatable bonds is 5. The van der Waals surface area contributed by atoms with Crippen LogP contribution in [0, 0.1) is 0 Å². The average molecular weight is 305 g/mol. The van der Waals surface area contributed by atoms with E-state index in [0.717, 1.165) is 5.69 Å². The summed E-state index contributed by atoms with van der Waals surface area (Å²) in [5.74, 6) is 1.44. The predicted molar refractivity (Wildman–Crippen MR) is 86.1 cm³/mol. The van der Waals surface area contributed by atoms with Crippen LogP contribution in [0.25, 0.3) is 0 Å². The molecule has 3 N–H and O–H groups in total. The zero-order valence-electron chi connectivity index (χ0n) is 11.9. The fourth-order valence-electron chi connectivity index (χ4n) is 1.58. The van der Waals surface area contributed by atoms with Crippen molar-refractivity contribution < 1.29 is 4.74 Å². The average Bonchev–Trinajstić information content (AvgIpc) is 2.42. The fraction of sp³-hybridized carbons (Fsp3) is 0.200. The molecule has 0 unspecified atom stereocenters. The Balaban J connectivity index is 2.12. The Labute approximate surface area is 128 Å². The van der Waals surface area contributed by atoms with Crippen LogP contribution >= 0.6 is 11.6 Å². The summed E-state index contributed by atoms with van der Waals surface area (Å²) >= 11 is 6.12. The molecular weight excluding hydrogens is 288 g/mol. The van der Waals surface area contributed by atoms with E-state index in [9.17, 15) is 0 Å². The molecule has 5 nitrogen and oxygen atoms in total. The van der Waals surface area contributed by atoms with E-state index in [1.807, 2.05) is 32.1 Å². The normalized spacial score (nSPS) is 10.0. The lowest BCUT2D eigenvalue weighted by Gasteiger charge is -2.10. The van der Waals surface area contributed by atoms with Gasteiger partial charge in [0.2, 0.25) is 5.95 Å². The number of aromatic nitrogens is 2. The third-order valence-electron chi connectivity index (χ3n) is 2.61. The molecule has 0 radical (unpaired) electrons. The molecular formula is C15H17ClN4O. The van der Waals surface area contributed by atoms with Gasteiger partial charge in [-0.3, -0.25) is 0 Å². The third-order valence-corrected chi connectivity index (χ3v) is 2.92. The molecule has 1 aromatic carbocycles. The van der Waals surface area contributed by atoms with Crippen LogP contribution in [0.15, 0.2) is 42.1 Å². The van der Waals surface area contributed by atoms with Gasteiger partial charge in [-0.2, -0.15) is 4.98 Å². The lowest BCUT2D eigenvalue weighted by Crippen LogP contribution is -2.00. The molecule has 21 heavy (non-hydrogen) atoms. The van der Waals surface area contributed by atoms with Gasteiger partial charge < -0.3 is 15.8 Å². The monoisotopic (exact) mass is 304 g/mol. The van der Waals surface area contributed by atoms with Crippen molar-refractivity contribution in [3.05, 3.63) is 47.1 Å². The first-order valence-corrected chi connectivity index (χ1v) is 6.83. The van der Waals surface area contributed by atoms with Gasteiger partial charge in [-0.05, 0) is 38.1 Å². The Bertz CT molecular complexity index is 654. The number of halogens is 1. The summed E-state index contributed by atoms with van der Waals surface area (Å²) in [6.45, 7) is 4.51. The third kappa shape index (κ3) is 4.65. The predicted octanol–water partition coefficient (Wildman–Crippen LogP) is 3.80. The van der Waals surface area contributed by atoms with Crippen LogP contribution in [0.4, 0.5) is 17.5 Å². The van der Waals surface area contributed by atoms with Gasteiger partial charge in [0.05, 0.1) is 5.02 Å². The van der Waals surface area contributed by atoms with E-state index in [1.54, 1.807) is 18.3 Å². The first-order valence-electron chi connectivity index (χ1n) is 6.46. The standard InChI is InChI=1S/C15H17ClN4O/c1-10(2)6-8-21-13-9-11(3-4-12(13)16)19-14-5-7-18-15(17)20-14/h3-7,9H,8H2,1-2H3,(H3,17,18,19,20). The zero-order chi connectivity index (χ0) is 15.2. The van der Waals surface area contributed by atoms with Crippen LogP contribution in [0.1, 0.15) is 13.8 Å². The van der Waals surface area contributed by atoms with E-state index in [1.165, 1.54) is 5.57 Å². The van der Waals surface area contributed by atoms with Gasteiger partial charge >= 0.3 is 0 Å². The minimum atomic E-state index is 0.217. The van der Waals surface area contributed by atoms with Gasteiger partial charge in [0, 0.05) is 18.0 Å². The largest absolute Gasteiger partial charge is 0.488 e. The highest BCUT2D eigenvalue weighted by atomic mass is 35.5. The lowest BCUT2D eigenvalue weighted by atomic mass is 10.3. The minimum absolute atomic E-state index is 0.217. The molecule has 2 aromatic rings. The maximum atomic E-state index is 6.12. The van der Waals surface area contributed by atoms with E-state index in [-0.39, 0.29) is 5.95 Å². The number of allylic oxidation sites excluding steroid dienone is 1. The number of hydrogen-bond donors (Lipinski definition) is 2. The lowest BCUT2D eigenvalue weighted by molar-refractivity contribution is 0.362. The van der Waals surface area contributed by atoms with E-state index in [0.29, 0.717) is 23.2 Å². The van der Waals surface area contributed by atoms with Crippen molar-refractivity contribution in [3.8, 4) is 5.75 Å². The van der Waals surface area contributed by atoms with Crippen LogP contribution in [-0.2, 0) is 0 Å². The topological polar surface area (TPSA) is 73.1 Å². The second-order valence-electron chi connectivity index (χ2n) is 4.66. The molecule has 0 aliphatic carbocycles. The van der Waals surface area contributed by atoms with E-state index in [2.05, 4.69) is 15.3 Å². The molecule has 6 heteroatoms. The van der Waals surface area contributed by atoms with Crippen molar-refractivity contribution in [3.63, 3.8) is 0 Å². The quantitative estimate of drug-likeness (QED) is 0.822. The summed E-state index contributed by atoms with van der Waals surface area (Å²) in [7, 11) is 0. The molecule has 0 saturated heterocycles. The highest BCUT2D eigenvalue weighted by Crippen LogP contribution is 2.29. The zero-order valence-corrected chi connectivity index (χ0v) is 12.7. The summed E-state index contributed by atoms with van der Waals surface area (Å²) < 4.78 is 5.64. The molecule has 0 aliphatic heterocycles. The number of benzene rings is 1. The SMILES string of the molecule is CC(C)=CCOc1cc(Nc2ccnc(N)n2)ccc1Cl. The summed E-state index contributed by atoms with van der Waals surface area (Å²) in [5, 5.41) is 3.69. The van der Waals surface area contributed by atoms with Crippen molar-refractivity contribution in [2.45, 2.75) is 13.8 Å². The van der Waals surface area contributed by atoms with Crippen LogP contribution in [0.2, 0.25) is 5.02 Å². The first kappa shape index (κ1) is 15.1. The van der Waals surface area contributed by atoms with Crippen LogP contribution < -0.4 is 15.8 Å². The molecule has 2 rings (SSSR count). The fourth-order valence-corrected chi connectivity index (χ4v) is 1.75. The number of nitrogens with one attached hydrogen (secondary N) is 1. The Morgan fingerprint density at radius 2 is 2.19 bits per heavy atom. The Hall–Kier alpha value is -2.27. The highest BCUT2D eigenvalue weighted by Gasteiger charge is 2.04. The molecule has 0 atom stereocenters. The van der Waals surface area contributed by atoms with Gasteiger partial charge in [0.1, 0.15) is 18.2 Å². The molecule has 0 fully saturated rings. The van der Waals surface area contributed by atoms with Crippen molar-refractivity contribution in [1.82, 2.24) is 9.97 Å². The Morgan fingerprint density at radius 3 is 2.90 bits per heavy atom. The number of nitrogen functional groups attached to an aromatic ring is 1. The minimum Gasteiger partial charge on any atom is -0.488 e. The van der Waals surface area contributed by atoms with Crippen LogP contribution in [-0.4, -0.2) is 16.6 Å². The molecule has 0 saturated carbocycles. The van der Waals surface area contributed by atoms with Crippen LogP contribution in [0.5, 0.6) is 5.75 Å². The van der Waals surface area contributed by atoms with Crippen molar-refractivity contribution in [1.29, 1.82) is 0 Å². The Morgan fingerprint density at radius 1 is 1.38 bits per heavy atom. The van der Waals surface area contributed by atoms with Gasteiger partial charge in [0.15, 0.2) is 0 Å². The highest BCUT2D eigenvalue weighted by molar-refractivity contribution is 6.32. The molecule has 0 amide bonds. The summed E-state index contributed by atoms with van der Waals surface area (Å²) in [6.07, 6.45) is 3.58. The summed E-state index contributed by atoms with van der Waals surface area (Å²) in [4.78, 5) is 7.92. The van der Waals surface area contributed by atoms with Crippen molar-refractivity contribution in [2.75, 3.05) is 17.7 Å². The molecule has 110 valence electrons. The van der Waals surface area contributed by atoms with Gasteiger partial charge in [-0.15, -0.1) is 0 Å². The molecule has 0 bridgehead atoms. The van der Waals surface area contributed by atoms with Crippen molar-refractivity contribution >= 4 is 29.1 Å². The van der Waals surface area contributed by atoms with E-state index in [4.69, 9.17) is 22.1 Å². The van der Waals surface area contributed by atoms with Gasteiger partial charge in [-0.25, -0.2) is 4.98 Å². The summed E-state index contributed by atoms with van der Waals surface area (Å²) in [5.41, 5.74) is 7.55. The maximum absolute atomic E-state index is 6.12. The number of ether oxygens (including phenoxy) is 1. The second-order valence-corrected chi connectivity index (χ2v) is 5.07. The molecule has 0 aliphatic rings.